The maximum absolute atomic E-state index is 14.7. The first-order valence-electron chi connectivity index (χ1n) is 11.5. The van der Waals surface area contributed by atoms with Gasteiger partial charge in [-0.1, -0.05) is 12.1 Å². The average Bonchev–Trinajstić information content (AvgIpc) is 3.24. The normalized spacial score (nSPS) is 24.4. The number of aliphatic hydroxyl groups excluding tert-OH is 1. The van der Waals surface area contributed by atoms with Crippen LogP contribution in [0.4, 0.5) is 9.18 Å². The number of hydrogen-bond acceptors (Lipinski definition) is 4. The molecule has 3 aliphatic rings. The van der Waals surface area contributed by atoms with Gasteiger partial charge in [0.2, 0.25) is 5.91 Å². The van der Waals surface area contributed by atoms with Crippen LogP contribution < -0.4 is 4.74 Å². The maximum atomic E-state index is 14.7. The van der Waals surface area contributed by atoms with Gasteiger partial charge in [0.25, 0.3) is 0 Å². The molecule has 0 radical (unpaired) electrons. The van der Waals surface area contributed by atoms with Crippen molar-refractivity contribution < 1.29 is 28.9 Å². The Kier molecular flexibility index (Phi) is 6.98. The third-order valence-electron chi connectivity index (χ3n) is 6.90. The molecule has 2 fully saturated rings. The molecule has 7 nitrogen and oxygen atoms in total. The first-order chi connectivity index (χ1) is 15.4. The molecule has 2 N–H and O–H groups in total. The Morgan fingerprint density at radius 3 is 2.44 bits per heavy atom. The van der Waals surface area contributed by atoms with Crippen molar-refractivity contribution in [1.82, 2.24) is 9.80 Å². The predicted octanol–water partition coefficient (Wildman–Crippen LogP) is 3.37. The van der Waals surface area contributed by atoms with Crippen LogP contribution in [0.2, 0.25) is 0 Å². The minimum atomic E-state index is -0.895. The molecule has 1 aromatic carbocycles. The molecule has 0 saturated carbocycles. The summed E-state index contributed by atoms with van der Waals surface area (Å²) in [5, 5.41) is 18.7. The molecular formula is C24H31FN2O5. The Labute approximate surface area is 187 Å². The molecule has 0 aromatic heterocycles. The van der Waals surface area contributed by atoms with Crippen LogP contribution in [0.1, 0.15) is 44.1 Å². The summed E-state index contributed by atoms with van der Waals surface area (Å²) in [6.45, 7) is 2.40. The highest BCUT2D eigenvalue weighted by molar-refractivity contribution is 5.81. The highest BCUT2D eigenvalue weighted by Crippen LogP contribution is 2.33. The van der Waals surface area contributed by atoms with E-state index in [2.05, 4.69) is 0 Å². The van der Waals surface area contributed by atoms with E-state index in [4.69, 9.17) is 9.84 Å². The number of aliphatic hydroxyl groups is 1. The van der Waals surface area contributed by atoms with Crippen LogP contribution in [0.3, 0.4) is 0 Å². The van der Waals surface area contributed by atoms with E-state index < -0.39 is 18.0 Å². The van der Waals surface area contributed by atoms with Gasteiger partial charge in [-0.25, -0.2) is 9.18 Å². The minimum Gasteiger partial charge on any atom is -0.490 e. The topological polar surface area (TPSA) is 90.3 Å². The second-order valence-electron chi connectivity index (χ2n) is 9.10. The van der Waals surface area contributed by atoms with Crippen LogP contribution in [0, 0.1) is 17.7 Å². The van der Waals surface area contributed by atoms with E-state index in [0.717, 1.165) is 30.4 Å². The Bertz CT molecular complexity index is 881. The van der Waals surface area contributed by atoms with Gasteiger partial charge in [0, 0.05) is 32.1 Å². The minimum absolute atomic E-state index is 0.0657. The van der Waals surface area contributed by atoms with Gasteiger partial charge in [0.1, 0.15) is 0 Å². The maximum Gasteiger partial charge on any atom is 0.407 e. The number of allylic oxidation sites excluding steroid dienone is 2. The lowest BCUT2D eigenvalue weighted by Crippen LogP contribution is -2.38. The number of hydrogen-bond donors (Lipinski definition) is 2. The number of carbonyl (C=O) groups is 2. The van der Waals surface area contributed by atoms with E-state index in [-0.39, 0.29) is 23.5 Å². The number of carbonyl (C=O) groups excluding carboxylic acids is 1. The number of benzene rings is 1. The largest absolute Gasteiger partial charge is 0.490 e. The van der Waals surface area contributed by atoms with E-state index >= 15 is 0 Å². The van der Waals surface area contributed by atoms with Gasteiger partial charge in [-0.05, 0) is 67.7 Å². The quantitative estimate of drug-likeness (QED) is 0.724. The molecule has 2 saturated heterocycles. The zero-order valence-corrected chi connectivity index (χ0v) is 18.2. The second kappa shape index (κ2) is 9.90. The molecule has 32 heavy (non-hydrogen) atoms. The summed E-state index contributed by atoms with van der Waals surface area (Å²) in [5.41, 5.74) is 1.86. The fraction of sp³-hybridized carbons (Fsp3) is 0.583. The predicted molar refractivity (Wildman–Crippen MR) is 117 cm³/mol. The van der Waals surface area contributed by atoms with Crippen molar-refractivity contribution in [2.45, 2.75) is 44.6 Å². The summed E-state index contributed by atoms with van der Waals surface area (Å²) in [7, 11) is 0. The molecule has 2 heterocycles. The molecular weight excluding hydrogens is 415 g/mol. The van der Waals surface area contributed by atoms with Gasteiger partial charge < -0.3 is 24.7 Å². The first-order valence-corrected chi connectivity index (χ1v) is 11.5. The monoisotopic (exact) mass is 446 g/mol. The van der Waals surface area contributed by atoms with Crippen LogP contribution >= 0.6 is 0 Å². The summed E-state index contributed by atoms with van der Waals surface area (Å²) in [6, 6.07) is 5.00. The van der Waals surface area contributed by atoms with Crippen LogP contribution in [-0.2, 0) is 4.79 Å². The number of amides is 2. The Morgan fingerprint density at radius 1 is 1.09 bits per heavy atom. The van der Waals surface area contributed by atoms with Crippen molar-refractivity contribution >= 4 is 17.6 Å². The first kappa shape index (κ1) is 22.6. The number of rotatable bonds is 5. The Morgan fingerprint density at radius 2 is 1.84 bits per heavy atom. The van der Waals surface area contributed by atoms with E-state index in [0.29, 0.717) is 52.0 Å². The molecule has 2 aliphatic heterocycles. The summed E-state index contributed by atoms with van der Waals surface area (Å²) >= 11 is 0. The molecule has 1 aliphatic carbocycles. The Hall–Kier alpha value is -2.61. The fourth-order valence-electron chi connectivity index (χ4n) is 4.84. The molecule has 2 amide bonds. The van der Waals surface area contributed by atoms with Gasteiger partial charge in [0.05, 0.1) is 12.7 Å². The van der Waals surface area contributed by atoms with E-state index in [1.165, 1.54) is 11.0 Å². The lowest BCUT2D eigenvalue weighted by atomic mass is 9.86. The van der Waals surface area contributed by atoms with Crippen LogP contribution in [0.15, 0.2) is 24.3 Å². The van der Waals surface area contributed by atoms with Gasteiger partial charge in [-0.2, -0.15) is 0 Å². The summed E-state index contributed by atoms with van der Waals surface area (Å²) in [4.78, 5) is 26.8. The van der Waals surface area contributed by atoms with Gasteiger partial charge >= 0.3 is 6.09 Å². The van der Waals surface area contributed by atoms with Crippen LogP contribution in [-0.4, -0.2) is 70.9 Å². The number of piperidine rings is 1. The Balaban J connectivity index is 1.29. The number of likely N-dealkylation sites (tertiary alicyclic amines) is 2. The molecule has 1 aromatic rings. The van der Waals surface area contributed by atoms with E-state index in [1.807, 2.05) is 12.1 Å². The lowest BCUT2D eigenvalue weighted by Gasteiger charge is -2.29. The van der Waals surface area contributed by atoms with Gasteiger partial charge in [-0.15, -0.1) is 0 Å². The molecule has 1 unspecified atom stereocenters. The third-order valence-corrected chi connectivity index (χ3v) is 6.90. The SMILES string of the molecule is O=C(O)N1CCC(COc2ccc(C3=CCC(C(=O)N4CC[C@H](O)C4)CC3)cc2F)CC1. The van der Waals surface area contributed by atoms with Crippen molar-refractivity contribution in [3.8, 4) is 5.75 Å². The highest BCUT2D eigenvalue weighted by atomic mass is 19.1. The lowest BCUT2D eigenvalue weighted by molar-refractivity contribution is -0.135. The van der Waals surface area contributed by atoms with Gasteiger partial charge in [0.15, 0.2) is 11.6 Å². The fourth-order valence-corrected chi connectivity index (χ4v) is 4.84. The molecule has 2 atom stereocenters. The smallest absolute Gasteiger partial charge is 0.407 e. The van der Waals surface area contributed by atoms with Gasteiger partial charge in [-0.3, -0.25) is 4.79 Å². The van der Waals surface area contributed by atoms with Crippen molar-refractivity contribution in [3.63, 3.8) is 0 Å². The van der Waals surface area contributed by atoms with E-state index in [1.54, 1.807) is 11.0 Å². The molecule has 0 bridgehead atoms. The molecule has 8 heteroatoms. The van der Waals surface area contributed by atoms with Crippen LogP contribution in [0.25, 0.3) is 5.57 Å². The number of ether oxygens (including phenoxy) is 1. The number of carboxylic acid groups (broad SMARTS) is 1. The average molecular weight is 447 g/mol. The van der Waals surface area contributed by atoms with Crippen molar-refractivity contribution in [2.75, 3.05) is 32.8 Å². The highest BCUT2D eigenvalue weighted by Gasteiger charge is 2.31. The standard InChI is InChI=1S/C24H31FN2O5/c25-21-13-19(5-6-22(21)32-15-16-7-10-26(11-8-16)24(30)31)17-1-3-18(4-2-17)23(29)27-12-9-20(28)14-27/h1,5-6,13,16,18,20,28H,2-4,7-12,14-15H2,(H,30,31)/t18?,20-/m0/s1. The zero-order chi connectivity index (χ0) is 22.7. The van der Waals surface area contributed by atoms with E-state index in [9.17, 15) is 19.1 Å². The summed E-state index contributed by atoms with van der Waals surface area (Å²) in [6.07, 6.45) is 4.89. The number of nitrogens with zero attached hydrogens (tertiary/aromatic N) is 2. The summed E-state index contributed by atoms with van der Waals surface area (Å²) < 4.78 is 20.3. The zero-order valence-electron chi connectivity index (χ0n) is 18.2. The number of halogens is 1. The molecule has 4 rings (SSSR count). The second-order valence-corrected chi connectivity index (χ2v) is 9.10. The molecule has 174 valence electrons. The van der Waals surface area contributed by atoms with Crippen molar-refractivity contribution in [3.05, 3.63) is 35.7 Å². The number of β-amino-alcohol motifs (C(OH)–C–C–N with tert-alkyl or cyclic N) is 1. The third kappa shape index (κ3) is 5.23. The molecule has 0 spiro atoms. The van der Waals surface area contributed by atoms with Crippen molar-refractivity contribution in [2.24, 2.45) is 11.8 Å². The van der Waals surface area contributed by atoms with Crippen LogP contribution in [0.5, 0.6) is 5.75 Å². The summed E-state index contributed by atoms with van der Waals surface area (Å²) in [5.74, 6) is 0.0732. The van der Waals surface area contributed by atoms with Crippen molar-refractivity contribution in [1.29, 1.82) is 0 Å².